The number of aldehydes is 2. The highest BCUT2D eigenvalue weighted by molar-refractivity contribution is 5.74. The normalized spacial score (nSPS) is 48.7. The summed E-state index contributed by atoms with van der Waals surface area (Å²) in [6, 6.07) is 0. The molecule has 0 spiro atoms. The summed E-state index contributed by atoms with van der Waals surface area (Å²) in [6.07, 6.45) is 12.7. The van der Waals surface area contributed by atoms with Crippen LogP contribution in [-0.4, -0.2) is 23.6 Å². The van der Waals surface area contributed by atoms with Crippen molar-refractivity contribution in [1.29, 1.82) is 0 Å². The van der Waals surface area contributed by atoms with Gasteiger partial charge in [-0.25, -0.2) is 0 Å². The molecule has 0 radical (unpaired) electrons. The van der Waals surface area contributed by atoms with Gasteiger partial charge < -0.3 is 14.7 Å². The average molecular weight is 346 g/mol. The van der Waals surface area contributed by atoms with Crippen LogP contribution in [0.25, 0.3) is 0 Å². The Kier molecular flexibility index (Phi) is 4.28. The summed E-state index contributed by atoms with van der Waals surface area (Å²) in [7, 11) is 0. The third kappa shape index (κ3) is 2.67. The van der Waals surface area contributed by atoms with Gasteiger partial charge in [0.25, 0.3) is 0 Å². The van der Waals surface area contributed by atoms with Crippen molar-refractivity contribution in [3.8, 4) is 0 Å². The maximum Gasteiger partial charge on any atom is 0.304 e. The Labute approximate surface area is 149 Å². The number of hydrogen-bond donors (Lipinski definition) is 1. The second-order valence-corrected chi connectivity index (χ2v) is 9.51. The summed E-state index contributed by atoms with van der Waals surface area (Å²) in [4.78, 5) is 34.8. The Morgan fingerprint density at radius 3 is 2.44 bits per heavy atom. The van der Waals surface area contributed by atoms with Gasteiger partial charge in [0.1, 0.15) is 12.6 Å². The second kappa shape index (κ2) is 6.21. The van der Waals surface area contributed by atoms with E-state index in [0.717, 1.165) is 51.2 Å². The molecular weight excluding hydrogens is 316 g/mol. The fraction of sp³-hybridized carbons (Fsp3) is 0.857. The Balaban J connectivity index is 1.52. The predicted octanol–water partition coefficient (Wildman–Crippen LogP) is 3.87. The minimum Gasteiger partial charge on any atom is -0.481 e. The first kappa shape index (κ1) is 17.2. The van der Waals surface area contributed by atoms with Crippen LogP contribution in [0.3, 0.4) is 0 Å². The lowest BCUT2D eigenvalue weighted by atomic mass is 9.48. The van der Waals surface area contributed by atoms with Crippen molar-refractivity contribution in [1.82, 2.24) is 0 Å². The Morgan fingerprint density at radius 1 is 0.920 bits per heavy atom. The van der Waals surface area contributed by atoms with Crippen LogP contribution in [0.4, 0.5) is 0 Å². The number of hydrogen-bond acceptors (Lipinski definition) is 3. The van der Waals surface area contributed by atoms with Crippen LogP contribution < -0.4 is 0 Å². The zero-order valence-corrected chi connectivity index (χ0v) is 15.0. The number of aliphatic carboxylic acids is 1. The van der Waals surface area contributed by atoms with Gasteiger partial charge in [0.2, 0.25) is 0 Å². The van der Waals surface area contributed by atoms with Gasteiger partial charge >= 0.3 is 5.97 Å². The maximum atomic E-state index is 11.9. The molecule has 4 nitrogen and oxygen atoms in total. The van der Waals surface area contributed by atoms with E-state index in [2.05, 4.69) is 0 Å². The van der Waals surface area contributed by atoms with Gasteiger partial charge in [-0.05, 0) is 87.4 Å². The first-order chi connectivity index (χ1) is 12.0. The van der Waals surface area contributed by atoms with Gasteiger partial charge in [-0.2, -0.15) is 0 Å². The molecule has 4 fully saturated rings. The number of fused-ring (bicyclic) bond motifs is 5. The van der Waals surface area contributed by atoms with Crippen LogP contribution in [0.5, 0.6) is 0 Å². The first-order valence-electron chi connectivity index (χ1n) is 10.2. The summed E-state index contributed by atoms with van der Waals surface area (Å²) < 4.78 is 0. The van der Waals surface area contributed by atoms with Crippen LogP contribution in [-0.2, 0) is 14.4 Å². The highest BCUT2D eigenvalue weighted by Gasteiger charge is 2.56. The number of carboxylic acids is 1. The molecule has 0 saturated heterocycles. The molecule has 4 aliphatic rings. The van der Waals surface area contributed by atoms with E-state index < -0.39 is 11.4 Å². The molecule has 0 amide bonds. The van der Waals surface area contributed by atoms with Crippen molar-refractivity contribution < 1.29 is 19.5 Å². The zero-order valence-electron chi connectivity index (χ0n) is 15.0. The summed E-state index contributed by atoms with van der Waals surface area (Å²) in [5, 5.41) is 9.21. The largest absolute Gasteiger partial charge is 0.481 e. The maximum absolute atomic E-state index is 11.9. The van der Waals surface area contributed by atoms with Crippen LogP contribution in [0.2, 0.25) is 0 Å². The van der Waals surface area contributed by atoms with Crippen LogP contribution in [0.1, 0.15) is 70.6 Å². The molecule has 0 heterocycles. The Hall–Kier alpha value is -1.19. The number of carbonyl (C=O) groups is 3. The van der Waals surface area contributed by atoms with Gasteiger partial charge in [0.05, 0.1) is 6.42 Å². The molecule has 0 aromatic carbocycles. The van der Waals surface area contributed by atoms with Crippen molar-refractivity contribution in [3.05, 3.63) is 0 Å². The minimum atomic E-state index is -0.848. The smallest absolute Gasteiger partial charge is 0.304 e. The first-order valence-corrected chi connectivity index (χ1v) is 10.2. The predicted molar refractivity (Wildman–Crippen MR) is 92.9 cm³/mol. The van der Waals surface area contributed by atoms with E-state index in [9.17, 15) is 19.5 Å². The molecule has 1 N–H and O–H groups in total. The zero-order chi connectivity index (χ0) is 17.7. The highest BCUT2D eigenvalue weighted by atomic mass is 16.4. The molecule has 2 unspecified atom stereocenters. The van der Waals surface area contributed by atoms with Crippen molar-refractivity contribution in [2.75, 3.05) is 0 Å². The quantitative estimate of drug-likeness (QED) is 0.785. The number of carboxylic acid groups (broad SMARTS) is 1. The summed E-state index contributed by atoms with van der Waals surface area (Å²) >= 11 is 0. The van der Waals surface area contributed by atoms with Crippen LogP contribution in [0.15, 0.2) is 0 Å². The topological polar surface area (TPSA) is 71.4 Å². The van der Waals surface area contributed by atoms with Crippen molar-refractivity contribution >= 4 is 18.5 Å². The van der Waals surface area contributed by atoms with E-state index in [0.29, 0.717) is 29.6 Å². The minimum absolute atomic E-state index is 0.00923. The molecule has 0 bridgehead atoms. The van der Waals surface area contributed by atoms with Crippen molar-refractivity contribution in [3.63, 3.8) is 0 Å². The molecule has 4 saturated carbocycles. The lowest BCUT2D eigenvalue weighted by molar-refractivity contribution is -0.146. The monoisotopic (exact) mass is 346 g/mol. The Bertz CT molecular complexity index is 572. The van der Waals surface area contributed by atoms with E-state index >= 15 is 0 Å². The fourth-order valence-corrected chi connectivity index (χ4v) is 7.54. The molecule has 7 atom stereocenters. The van der Waals surface area contributed by atoms with Crippen LogP contribution in [0, 0.1) is 40.4 Å². The third-order valence-corrected chi connectivity index (χ3v) is 8.56. The van der Waals surface area contributed by atoms with Crippen LogP contribution >= 0.6 is 0 Å². The molecule has 0 aromatic heterocycles. The SMILES string of the molecule is O=CC1(CC(=O)O)CC[C@H]2C(CC[C@@H]3[C@@H]2CC[C@]2(C=O)CCC[C@@H]32)C1. The summed E-state index contributed by atoms with van der Waals surface area (Å²) in [5.74, 6) is 2.27. The van der Waals surface area contributed by atoms with E-state index in [1.165, 1.54) is 25.5 Å². The molecule has 4 aliphatic carbocycles. The van der Waals surface area contributed by atoms with Gasteiger partial charge in [0.15, 0.2) is 0 Å². The molecule has 0 aliphatic heterocycles. The van der Waals surface area contributed by atoms with E-state index in [4.69, 9.17) is 0 Å². The van der Waals surface area contributed by atoms with Crippen molar-refractivity contribution in [2.24, 2.45) is 40.4 Å². The molecule has 0 aromatic rings. The number of rotatable bonds is 4. The number of carbonyl (C=O) groups excluding carboxylic acids is 2. The van der Waals surface area contributed by atoms with Crippen molar-refractivity contribution in [2.45, 2.75) is 70.6 Å². The van der Waals surface area contributed by atoms with Gasteiger partial charge in [-0.1, -0.05) is 6.42 Å². The molecule has 138 valence electrons. The van der Waals surface area contributed by atoms with E-state index in [-0.39, 0.29) is 11.8 Å². The highest BCUT2D eigenvalue weighted by Crippen LogP contribution is 2.63. The third-order valence-electron chi connectivity index (χ3n) is 8.56. The summed E-state index contributed by atoms with van der Waals surface area (Å²) in [5.41, 5.74) is -0.660. The summed E-state index contributed by atoms with van der Waals surface area (Å²) in [6.45, 7) is 0. The van der Waals surface area contributed by atoms with Gasteiger partial charge in [0, 0.05) is 10.8 Å². The van der Waals surface area contributed by atoms with E-state index in [1.807, 2.05) is 0 Å². The standard InChI is InChI=1S/C21H30O4/c22-12-20(11-19(24)25)8-5-15-14(10-20)3-4-17-16(15)6-9-21(13-23)7-1-2-18(17)21/h12-18H,1-11H2,(H,24,25)/t14?,15-,16+,17+,18-,20?,21-/m0/s1. The molecular formula is C21H30O4. The van der Waals surface area contributed by atoms with Gasteiger partial charge in [-0.15, -0.1) is 0 Å². The second-order valence-electron chi connectivity index (χ2n) is 9.51. The fourth-order valence-electron chi connectivity index (χ4n) is 7.54. The Morgan fingerprint density at radius 2 is 1.72 bits per heavy atom. The van der Waals surface area contributed by atoms with E-state index in [1.54, 1.807) is 0 Å². The molecule has 4 heteroatoms. The van der Waals surface area contributed by atoms with Gasteiger partial charge in [-0.3, -0.25) is 4.79 Å². The molecule has 4 rings (SSSR count). The lowest BCUT2D eigenvalue weighted by Gasteiger charge is -2.56. The lowest BCUT2D eigenvalue weighted by Crippen LogP contribution is -2.50. The average Bonchev–Trinajstić information content (AvgIpc) is 3.05. The molecule has 25 heavy (non-hydrogen) atoms.